The van der Waals surface area contributed by atoms with Gasteiger partial charge in [-0.2, -0.15) is 0 Å². The van der Waals surface area contributed by atoms with E-state index in [0.29, 0.717) is 0 Å². The predicted molar refractivity (Wildman–Crippen MR) is 68.1 cm³/mol. The quantitative estimate of drug-likeness (QED) is 0.454. The van der Waals surface area contributed by atoms with Crippen molar-refractivity contribution >= 4 is 12.1 Å². The Morgan fingerprint density at radius 3 is 1.89 bits per heavy atom. The Morgan fingerprint density at radius 1 is 0.944 bits per heavy atom. The van der Waals surface area contributed by atoms with Gasteiger partial charge in [0, 0.05) is 0 Å². The Kier molecular flexibility index (Phi) is 6.11. The van der Waals surface area contributed by atoms with Crippen LogP contribution in [0.25, 0.3) is 0 Å². The minimum Gasteiger partial charge on any atom is -0.459 e. The molecule has 0 aromatic rings. The number of carbonyl (C=O) groups excluding carboxylic acids is 2. The summed E-state index contributed by atoms with van der Waals surface area (Å²) in [7, 11) is 0. The minimum absolute atomic E-state index is 0.0348. The second-order valence-electron chi connectivity index (χ2n) is 5.87. The van der Waals surface area contributed by atoms with E-state index in [1.807, 2.05) is 0 Å². The Balaban J connectivity index is 3.69. The highest BCUT2D eigenvalue weighted by Gasteiger charge is 2.17. The van der Waals surface area contributed by atoms with Crippen molar-refractivity contribution in [2.45, 2.75) is 52.7 Å². The lowest BCUT2D eigenvalue weighted by Crippen LogP contribution is -2.40. The molecule has 6 nitrogen and oxygen atoms in total. The lowest BCUT2D eigenvalue weighted by atomic mass is 10.2. The molecule has 0 heterocycles. The van der Waals surface area contributed by atoms with Gasteiger partial charge in [0.25, 0.3) is 0 Å². The number of carbonyl (C=O) groups is 2. The molecular formula is C12H24N2O4. The van der Waals surface area contributed by atoms with Gasteiger partial charge in [-0.25, -0.2) is 4.79 Å². The fourth-order valence-electron chi connectivity index (χ4n) is 0.991. The van der Waals surface area contributed by atoms with E-state index in [9.17, 15) is 9.59 Å². The van der Waals surface area contributed by atoms with Gasteiger partial charge in [-0.1, -0.05) is 0 Å². The smallest absolute Gasteiger partial charge is 0.408 e. The van der Waals surface area contributed by atoms with Gasteiger partial charge in [0.05, 0.1) is 13.2 Å². The van der Waals surface area contributed by atoms with E-state index in [2.05, 4.69) is 10.6 Å². The summed E-state index contributed by atoms with van der Waals surface area (Å²) in [5.74, 6) is -0.367. The zero-order chi connectivity index (χ0) is 14.4. The van der Waals surface area contributed by atoms with Gasteiger partial charge >= 0.3 is 12.1 Å². The summed E-state index contributed by atoms with van der Waals surface area (Å²) in [6.45, 7) is 10.9. The van der Waals surface area contributed by atoms with E-state index < -0.39 is 17.3 Å². The van der Waals surface area contributed by atoms with Crippen LogP contribution < -0.4 is 10.6 Å². The third-order valence-corrected chi connectivity index (χ3v) is 1.45. The number of hydrogen-bond acceptors (Lipinski definition) is 5. The van der Waals surface area contributed by atoms with Crippen molar-refractivity contribution in [3.63, 3.8) is 0 Å². The Hall–Kier alpha value is -1.30. The molecule has 0 fully saturated rings. The standard InChI is InChI=1S/C12H24N2O4/c1-11(2,3)17-9(15)7-13-8-14-10(16)18-12(4,5)6/h13H,7-8H2,1-6H3,(H,14,16). The summed E-state index contributed by atoms with van der Waals surface area (Å²) in [6, 6.07) is 0. The van der Waals surface area contributed by atoms with E-state index in [0.717, 1.165) is 0 Å². The maximum Gasteiger partial charge on any atom is 0.408 e. The topological polar surface area (TPSA) is 76.7 Å². The van der Waals surface area contributed by atoms with Crippen LogP contribution in [0.1, 0.15) is 41.5 Å². The molecule has 0 aliphatic carbocycles. The van der Waals surface area contributed by atoms with Crippen LogP contribution in [0.3, 0.4) is 0 Å². The Bertz CT molecular complexity index is 259. The molecule has 0 unspecified atom stereocenters. The molecule has 0 aliphatic rings. The molecule has 6 heteroatoms. The summed E-state index contributed by atoms with van der Waals surface area (Å²) in [4.78, 5) is 22.5. The van der Waals surface area contributed by atoms with Crippen molar-refractivity contribution in [3.8, 4) is 0 Å². The zero-order valence-corrected chi connectivity index (χ0v) is 12.0. The number of hydrogen-bond donors (Lipinski definition) is 2. The molecule has 1 amide bonds. The van der Waals surface area contributed by atoms with Gasteiger partial charge in [0.15, 0.2) is 0 Å². The molecule has 0 saturated carbocycles. The van der Waals surface area contributed by atoms with Gasteiger partial charge in [0.2, 0.25) is 0 Å². The van der Waals surface area contributed by atoms with Crippen molar-refractivity contribution in [2.24, 2.45) is 0 Å². The molecule has 0 aromatic heterocycles. The summed E-state index contributed by atoms with van der Waals surface area (Å²) in [5, 5.41) is 5.22. The average molecular weight is 260 g/mol. The van der Waals surface area contributed by atoms with Gasteiger partial charge in [-0.15, -0.1) is 0 Å². The number of amides is 1. The fraction of sp³-hybridized carbons (Fsp3) is 0.833. The summed E-state index contributed by atoms with van der Waals surface area (Å²) < 4.78 is 10.1. The van der Waals surface area contributed by atoms with E-state index in [1.165, 1.54) is 0 Å². The number of esters is 1. The molecule has 0 spiro atoms. The van der Waals surface area contributed by atoms with E-state index >= 15 is 0 Å². The van der Waals surface area contributed by atoms with Crippen LogP contribution in [0.15, 0.2) is 0 Å². The number of rotatable bonds is 4. The first-order valence-electron chi connectivity index (χ1n) is 5.89. The van der Waals surface area contributed by atoms with Crippen molar-refractivity contribution in [1.82, 2.24) is 10.6 Å². The highest BCUT2D eigenvalue weighted by atomic mass is 16.6. The van der Waals surface area contributed by atoms with Crippen molar-refractivity contribution in [1.29, 1.82) is 0 Å². The normalized spacial score (nSPS) is 11.9. The van der Waals surface area contributed by atoms with Crippen LogP contribution in [0, 0.1) is 0 Å². The minimum atomic E-state index is -0.532. The molecule has 106 valence electrons. The molecular weight excluding hydrogens is 236 g/mol. The van der Waals surface area contributed by atoms with Crippen LogP contribution in [0.2, 0.25) is 0 Å². The van der Waals surface area contributed by atoms with Gasteiger partial charge in [0.1, 0.15) is 11.2 Å². The number of alkyl carbamates (subject to hydrolysis) is 1. The van der Waals surface area contributed by atoms with Gasteiger partial charge < -0.3 is 14.8 Å². The highest BCUT2D eigenvalue weighted by molar-refractivity contribution is 5.72. The summed E-state index contributed by atoms with van der Waals surface area (Å²) >= 11 is 0. The van der Waals surface area contributed by atoms with Crippen LogP contribution >= 0.6 is 0 Å². The second kappa shape index (κ2) is 6.58. The molecule has 0 rings (SSSR count). The number of nitrogens with one attached hydrogen (secondary N) is 2. The molecule has 0 atom stereocenters. The van der Waals surface area contributed by atoms with Crippen molar-refractivity contribution < 1.29 is 19.1 Å². The van der Waals surface area contributed by atoms with Crippen LogP contribution in [0.4, 0.5) is 4.79 Å². The third kappa shape index (κ3) is 11.2. The highest BCUT2D eigenvalue weighted by Crippen LogP contribution is 2.06. The molecule has 2 N–H and O–H groups in total. The zero-order valence-electron chi connectivity index (χ0n) is 12.0. The average Bonchev–Trinajstić information content (AvgIpc) is 2.06. The molecule has 0 aromatic carbocycles. The van der Waals surface area contributed by atoms with Gasteiger partial charge in [-0.3, -0.25) is 10.1 Å². The van der Waals surface area contributed by atoms with Crippen LogP contribution in [-0.4, -0.2) is 36.5 Å². The summed E-state index contributed by atoms with van der Waals surface area (Å²) in [5.41, 5.74) is -1.04. The lowest BCUT2D eigenvalue weighted by Gasteiger charge is -2.20. The SMILES string of the molecule is CC(C)(C)OC(=O)CNCNC(=O)OC(C)(C)C. The Labute approximate surface area is 108 Å². The van der Waals surface area contributed by atoms with Crippen molar-refractivity contribution in [3.05, 3.63) is 0 Å². The second-order valence-corrected chi connectivity index (χ2v) is 5.87. The first kappa shape index (κ1) is 16.7. The van der Waals surface area contributed by atoms with E-state index in [4.69, 9.17) is 9.47 Å². The number of ether oxygens (including phenoxy) is 2. The van der Waals surface area contributed by atoms with Gasteiger partial charge in [-0.05, 0) is 41.5 Å². The maximum absolute atomic E-state index is 11.3. The maximum atomic E-state index is 11.3. The largest absolute Gasteiger partial charge is 0.459 e. The van der Waals surface area contributed by atoms with E-state index in [1.54, 1.807) is 41.5 Å². The Morgan fingerprint density at radius 2 is 1.44 bits per heavy atom. The summed E-state index contributed by atoms with van der Waals surface area (Å²) in [6.07, 6.45) is -0.529. The molecule has 18 heavy (non-hydrogen) atoms. The monoisotopic (exact) mass is 260 g/mol. The fourth-order valence-corrected chi connectivity index (χ4v) is 0.991. The third-order valence-electron chi connectivity index (χ3n) is 1.45. The molecule has 0 saturated heterocycles. The first-order valence-corrected chi connectivity index (χ1v) is 5.89. The predicted octanol–water partition coefficient (Wildman–Crippen LogP) is 1.40. The van der Waals surface area contributed by atoms with Crippen molar-refractivity contribution in [2.75, 3.05) is 13.2 Å². The molecule has 0 bridgehead atoms. The van der Waals surface area contributed by atoms with E-state index in [-0.39, 0.29) is 19.2 Å². The molecule has 0 radical (unpaired) electrons. The van der Waals surface area contributed by atoms with Crippen LogP contribution in [0.5, 0.6) is 0 Å². The molecule has 0 aliphatic heterocycles. The van der Waals surface area contributed by atoms with Crippen LogP contribution in [-0.2, 0) is 14.3 Å². The first-order chi connectivity index (χ1) is 7.99. The lowest BCUT2D eigenvalue weighted by molar-refractivity contribution is -0.153.